The minimum absolute atomic E-state index is 0.399. The van der Waals surface area contributed by atoms with Gasteiger partial charge in [-0.1, -0.05) is 39.5 Å². The zero-order chi connectivity index (χ0) is 9.61. The third-order valence-corrected chi connectivity index (χ3v) is 1.58. The van der Waals surface area contributed by atoms with Crippen LogP contribution >= 0.6 is 0 Å². The maximum absolute atomic E-state index is 6.89. The van der Waals surface area contributed by atoms with E-state index in [1.165, 1.54) is 12.6 Å². The average Bonchev–Trinajstić information content (AvgIpc) is 1.96. The zero-order valence-corrected chi connectivity index (χ0v) is 8.35. The predicted octanol–water partition coefficient (Wildman–Crippen LogP) is 3.57. The smallest absolute Gasteiger partial charge is 0.0244 e. The van der Waals surface area contributed by atoms with Crippen LogP contribution < -0.4 is 0 Å². The van der Waals surface area contributed by atoms with Gasteiger partial charge in [0.1, 0.15) is 0 Å². The molecule has 0 fully saturated rings. The Balaban J connectivity index is 3.63. The molecule has 0 aromatic rings. The molecule has 1 N–H and O–H groups in total. The van der Waals surface area contributed by atoms with Crippen LogP contribution in [-0.4, -0.2) is 6.21 Å². The summed E-state index contributed by atoms with van der Waals surface area (Å²) in [6.07, 6.45) is 7.50. The van der Waals surface area contributed by atoms with Crippen LogP contribution in [-0.2, 0) is 0 Å². The lowest BCUT2D eigenvalue weighted by Gasteiger charge is -2.15. The Kier molecular flexibility index (Phi) is 4.57. The van der Waals surface area contributed by atoms with Gasteiger partial charge < -0.3 is 5.41 Å². The lowest BCUT2D eigenvalue weighted by atomic mass is 9.90. The Morgan fingerprint density at radius 1 is 1.42 bits per heavy atom. The van der Waals surface area contributed by atoms with Crippen molar-refractivity contribution >= 4 is 6.21 Å². The maximum atomic E-state index is 6.89. The van der Waals surface area contributed by atoms with Crippen LogP contribution in [0.3, 0.4) is 0 Å². The molecule has 0 amide bonds. The summed E-state index contributed by atoms with van der Waals surface area (Å²) in [5, 5.41) is 6.89. The topological polar surface area (TPSA) is 23.9 Å². The molecule has 68 valence electrons. The van der Waals surface area contributed by atoms with E-state index in [9.17, 15) is 0 Å². The Morgan fingerprint density at radius 2 is 2.00 bits per heavy atom. The minimum atomic E-state index is 0.399. The van der Waals surface area contributed by atoms with Gasteiger partial charge in [-0.3, -0.25) is 0 Å². The van der Waals surface area contributed by atoms with E-state index in [4.69, 9.17) is 5.41 Å². The second kappa shape index (κ2) is 4.91. The molecule has 0 spiro atoms. The third kappa shape index (κ3) is 7.26. The fourth-order valence-electron chi connectivity index (χ4n) is 0.799. The van der Waals surface area contributed by atoms with Crippen LogP contribution in [0.2, 0.25) is 0 Å². The monoisotopic (exact) mass is 165 g/mol. The largest absolute Gasteiger partial charge is 0.308 e. The van der Waals surface area contributed by atoms with Gasteiger partial charge in [0.05, 0.1) is 0 Å². The molecule has 0 aliphatic carbocycles. The summed E-state index contributed by atoms with van der Waals surface area (Å²) in [6.45, 7) is 10.4. The molecule has 0 bridgehead atoms. The summed E-state index contributed by atoms with van der Waals surface area (Å²) in [5.41, 5.74) is 1.17. The van der Waals surface area contributed by atoms with E-state index in [1.807, 2.05) is 6.08 Å². The highest BCUT2D eigenvalue weighted by Crippen LogP contribution is 2.20. The second-order valence-corrected chi connectivity index (χ2v) is 4.22. The van der Waals surface area contributed by atoms with Gasteiger partial charge in [0.15, 0.2) is 0 Å². The van der Waals surface area contributed by atoms with Gasteiger partial charge in [-0.05, 0) is 23.8 Å². The molecule has 0 aromatic heterocycles. The van der Waals surface area contributed by atoms with Crippen LogP contribution in [0.25, 0.3) is 0 Å². The summed E-state index contributed by atoms with van der Waals surface area (Å²) >= 11 is 0. The molecule has 0 saturated carbocycles. The summed E-state index contributed by atoms with van der Waals surface area (Å²) in [5.74, 6) is 0. The van der Waals surface area contributed by atoms with Crippen LogP contribution in [0.5, 0.6) is 0 Å². The van der Waals surface area contributed by atoms with E-state index in [1.54, 1.807) is 0 Å². The van der Waals surface area contributed by atoms with Crippen LogP contribution in [0.1, 0.15) is 33.6 Å². The number of hydrogen-bond donors (Lipinski definition) is 1. The first kappa shape index (κ1) is 11.2. The number of allylic oxidation sites excluding steroid dienone is 3. The molecule has 0 heterocycles. The molecule has 0 aliphatic rings. The molecule has 0 aromatic carbocycles. The molecular weight excluding hydrogens is 146 g/mol. The Morgan fingerprint density at radius 3 is 2.42 bits per heavy atom. The van der Waals surface area contributed by atoms with E-state index in [0.29, 0.717) is 5.41 Å². The molecule has 1 nitrogen and oxygen atoms in total. The molecule has 12 heavy (non-hydrogen) atoms. The SMILES string of the molecule is C=C(C=N)/C=C/CCC(C)(C)C. The Bertz CT molecular complexity index is 182. The maximum Gasteiger partial charge on any atom is 0.0244 e. The van der Waals surface area contributed by atoms with E-state index in [-0.39, 0.29) is 0 Å². The van der Waals surface area contributed by atoms with Crippen molar-refractivity contribution in [1.82, 2.24) is 0 Å². The van der Waals surface area contributed by atoms with Gasteiger partial charge in [0.25, 0.3) is 0 Å². The third-order valence-electron chi connectivity index (χ3n) is 1.58. The highest BCUT2D eigenvalue weighted by molar-refractivity contribution is 5.78. The van der Waals surface area contributed by atoms with E-state index in [0.717, 1.165) is 12.0 Å². The molecule has 0 rings (SSSR count). The normalized spacial score (nSPS) is 11.9. The van der Waals surface area contributed by atoms with Crippen LogP contribution in [0, 0.1) is 10.8 Å². The Hall–Kier alpha value is -0.850. The van der Waals surface area contributed by atoms with E-state index < -0.39 is 0 Å². The highest BCUT2D eigenvalue weighted by Gasteiger charge is 2.07. The summed E-state index contributed by atoms with van der Waals surface area (Å²) in [6, 6.07) is 0. The molecule has 0 atom stereocenters. The van der Waals surface area contributed by atoms with Crippen molar-refractivity contribution in [3.05, 3.63) is 24.3 Å². The quantitative estimate of drug-likeness (QED) is 0.486. The standard InChI is InChI=1S/C11H19N/c1-10(9-12)7-5-6-8-11(2,3)4/h5,7,9,12H,1,6,8H2,2-4H3/b7-5+,12-9?. The fourth-order valence-corrected chi connectivity index (χ4v) is 0.799. The number of hydrogen-bond acceptors (Lipinski definition) is 1. The first-order valence-corrected chi connectivity index (χ1v) is 4.31. The van der Waals surface area contributed by atoms with Crippen molar-refractivity contribution in [2.45, 2.75) is 33.6 Å². The van der Waals surface area contributed by atoms with Crippen molar-refractivity contribution in [1.29, 1.82) is 5.41 Å². The van der Waals surface area contributed by atoms with Crippen molar-refractivity contribution in [3.8, 4) is 0 Å². The molecule has 0 aliphatic heterocycles. The second-order valence-electron chi connectivity index (χ2n) is 4.22. The first-order valence-electron chi connectivity index (χ1n) is 4.31. The average molecular weight is 165 g/mol. The van der Waals surface area contributed by atoms with E-state index in [2.05, 4.69) is 33.4 Å². The summed E-state index contributed by atoms with van der Waals surface area (Å²) < 4.78 is 0. The van der Waals surface area contributed by atoms with Gasteiger partial charge in [-0.15, -0.1) is 0 Å². The highest BCUT2D eigenvalue weighted by atomic mass is 14.3. The number of nitrogens with one attached hydrogen (secondary N) is 1. The van der Waals surface area contributed by atoms with Gasteiger partial charge in [0, 0.05) is 6.21 Å². The fraction of sp³-hybridized carbons (Fsp3) is 0.545. The van der Waals surface area contributed by atoms with Crippen LogP contribution in [0.15, 0.2) is 24.3 Å². The van der Waals surface area contributed by atoms with Crippen molar-refractivity contribution in [2.24, 2.45) is 5.41 Å². The molecule has 0 radical (unpaired) electrons. The van der Waals surface area contributed by atoms with Gasteiger partial charge >= 0.3 is 0 Å². The number of rotatable bonds is 4. The zero-order valence-electron chi connectivity index (χ0n) is 8.35. The molecular formula is C11H19N. The molecule has 1 heteroatoms. The minimum Gasteiger partial charge on any atom is -0.308 e. The summed E-state index contributed by atoms with van der Waals surface area (Å²) in [4.78, 5) is 0. The van der Waals surface area contributed by atoms with Gasteiger partial charge in [-0.25, -0.2) is 0 Å². The lowest BCUT2D eigenvalue weighted by Crippen LogP contribution is -2.02. The molecule has 0 saturated heterocycles. The summed E-state index contributed by atoms with van der Waals surface area (Å²) in [7, 11) is 0. The lowest BCUT2D eigenvalue weighted by molar-refractivity contribution is 0.381. The Labute approximate surface area is 75.7 Å². The predicted molar refractivity (Wildman–Crippen MR) is 55.8 cm³/mol. The molecule has 0 unspecified atom stereocenters. The van der Waals surface area contributed by atoms with Crippen LogP contribution in [0.4, 0.5) is 0 Å². The van der Waals surface area contributed by atoms with Crippen molar-refractivity contribution in [2.75, 3.05) is 0 Å². The van der Waals surface area contributed by atoms with Crippen molar-refractivity contribution in [3.63, 3.8) is 0 Å². The van der Waals surface area contributed by atoms with Gasteiger partial charge in [-0.2, -0.15) is 0 Å². The van der Waals surface area contributed by atoms with E-state index >= 15 is 0 Å². The van der Waals surface area contributed by atoms with Gasteiger partial charge in [0.2, 0.25) is 0 Å². The van der Waals surface area contributed by atoms with Crippen molar-refractivity contribution < 1.29 is 0 Å². The first-order chi connectivity index (χ1) is 5.45.